The molecule has 0 saturated heterocycles. The van der Waals surface area contributed by atoms with E-state index in [1.807, 2.05) is 37.5 Å². The third kappa shape index (κ3) is 7.53. The molecule has 132 valence electrons. The zero-order valence-electron chi connectivity index (χ0n) is 13.7. The largest absolute Gasteiger partial charge is 0.467 e. The van der Waals surface area contributed by atoms with E-state index >= 15 is 0 Å². The highest BCUT2D eigenvalue weighted by molar-refractivity contribution is 14.0. The van der Waals surface area contributed by atoms with E-state index in [-0.39, 0.29) is 36.4 Å². The fourth-order valence-corrected chi connectivity index (χ4v) is 1.97. The molecule has 3 N–H and O–H groups in total. The van der Waals surface area contributed by atoms with Crippen LogP contribution >= 0.6 is 24.0 Å². The number of guanidine groups is 1. The molecule has 0 radical (unpaired) electrons. The summed E-state index contributed by atoms with van der Waals surface area (Å²) in [7, 11) is 0. The van der Waals surface area contributed by atoms with Gasteiger partial charge in [-0.1, -0.05) is 0 Å². The van der Waals surface area contributed by atoms with Crippen LogP contribution in [0, 0.1) is 0 Å². The number of rotatable bonds is 8. The van der Waals surface area contributed by atoms with E-state index < -0.39 is 0 Å². The smallest absolute Gasteiger partial charge is 0.242 e. The Labute approximate surface area is 158 Å². The lowest BCUT2D eigenvalue weighted by atomic mass is 10.4. The van der Waals surface area contributed by atoms with Crippen molar-refractivity contribution in [2.45, 2.75) is 20.0 Å². The van der Waals surface area contributed by atoms with Gasteiger partial charge >= 0.3 is 0 Å². The highest BCUT2D eigenvalue weighted by atomic mass is 127. The van der Waals surface area contributed by atoms with Gasteiger partial charge in [-0.25, -0.2) is 4.99 Å². The molecule has 0 spiro atoms. The second-order valence-corrected chi connectivity index (χ2v) is 4.90. The standard InChI is InChI=1S/C16H23N5O2.HI/c1-2-17-16(18-7-10-21-8-3-4-9-21)20-13-15(22)19-12-14-6-5-11-23-14;/h3-6,8-9,11H,2,7,10,12-13H2,1H3,(H,19,22)(H2,17,18,20);1H. The number of aliphatic imine (C=N–C) groups is 1. The Morgan fingerprint density at radius 1 is 1.21 bits per heavy atom. The zero-order chi connectivity index (χ0) is 16.3. The molecule has 0 aliphatic carbocycles. The SMILES string of the molecule is CCNC(=NCC(=O)NCc1ccco1)NCCn1cccc1.I. The third-order valence-corrected chi connectivity index (χ3v) is 3.09. The Morgan fingerprint density at radius 2 is 2.00 bits per heavy atom. The van der Waals surface area contributed by atoms with Crippen LogP contribution in [0.3, 0.4) is 0 Å². The number of hydrogen-bond acceptors (Lipinski definition) is 3. The van der Waals surface area contributed by atoms with Gasteiger partial charge in [0.2, 0.25) is 5.91 Å². The molecule has 2 rings (SSSR count). The van der Waals surface area contributed by atoms with Crippen molar-refractivity contribution in [1.29, 1.82) is 0 Å². The number of nitrogens with zero attached hydrogens (tertiary/aromatic N) is 2. The molecule has 7 nitrogen and oxygen atoms in total. The van der Waals surface area contributed by atoms with Crippen LogP contribution in [-0.4, -0.2) is 36.1 Å². The predicted octanol–water partition coefficient (Wildman–Crippen LogP) is 1.57. The van der Waals surface area contributed by atoms with Crippen LogP contribution in [0.2, 0.25) is 0 Å². The topological polar surface area (TPSA) is 83.6 Å². The first-order valence-corrected chi connectivity index (χ1v) is 7.70. The molecule has 8 heteroatoms. The number of hydrogen-bond donors (Lipinski definition) is 3. The Hall–Kier alpha value is -1.97. The van der Waals surface area contributed by atoms with Gasteiger partial charge in [-0.2, -0.15) is 0 Å². The Morgan fingerprint density at radius 3 is 2.67 bits per heavy atom. The lowest BCUT2D eigenvalue weighted by molar-refractivity contribution is -0.119. The van der Waals surface area contributed by atoms with E-state index in [1.165, 1.54) is 0 Å². The van der Waals surface area contributed by atoms with Crippen LogP contribution in [0.5, 0.6) is 0 Å². The average Bonchev–Trinajstić information content (AvgIpc) is 3.24. The molecule has 24 heavy (non-hydrogen) atoms. The number of aromatic nitrogens is 1. The summed E-state index contributed by atoms with van der Waals surface area (Å²) in [6.45, 7) is 4.73. The van der Waals surface area contributed by atoms with Crippen molar-refractivity contribution in [2.24, 2.45) is 4.99 Å². The predicted molar refractivity (Wildman–Crippen MR) is 104 cm³/mol. The summed E-state index contributed by atoms with van der Waals surface area (Å²) in [6, 6.07) is 7.58. The van der Waals surface area contributed by atoms with Crippen LogP contribution in [0.4, 0.5) is 0 Å². The minimum absolute atomic E-state index is 0. The molecule has 0 unspecified atom stereocenters. The highest BCUT2D eigenvalue weighted by Gasteiger charge is 2.03. The van der Waals surface area contributed by atoms with Crippen molar-refractivity contribution in [3.63, 3.8) is 0 Å². The van der Waals surface area contributed by atoms with Crippen LogP contribution < -0.4 is 16.0 Å². The van der Waals surface area contributed by atoms with Crippen molar-refractivity contribution in [3.05, 3.63) is 48.7 Å². The number of carbonyl (C=O) groups excluding carboxylic acids is 1. The molecule has 2 aromatic heterocycles. The maximum Gasteiger partial charge on any atom is 0.242 e. The van der Waals surface area contributed by atoms with Crippen molar-refractivity contribution in [1.82, 2.24) is 20.5 Å². The zero-order valence-corrected chi connectivity index (χ0v) is 16.0. The van der Waals surface area contributed by atoms with Crippen molar-refractivity contribution in [3.8, 4) is 0 Å². The molecule has 0 saturated carbocycles. The number of carbonyl (C=O) groups is 1. The summed E-state index contributed by atoms with van der Waals surface area (Å²) < 4.78 is 7.24. The molecule has 2 heterocycles. The van der Waals surface area contributed by atoms with E-state index in [2.05, 4.69) is 25.5 Å². The van der Waals surface area contributed by atoms with E-state index in [1.54, 1.807) is 12.3 Å². The van der Waals surface area contributed by atoms with Gasteiger partial charge in [0.15, 0.2) is 5.96 Å². The molecule has 0 aliphatic heterocycles. The third-order valence-electron chi connectivity index (χ3n) is 3.09. The first-order chi connectivity index (χ1) is 11.3. The van der Waals surface area contributed by atoms with E-state index in [0.717, 1.165) is 25.4 Å². The van der Waals surface area contributed by atoms with Gasteiger partial charge in [-0.15, -0.1) is 24.0 Å². The molecule has 2 aromatic rings. The molecule has 0 aliphatic rings. The average molecular weight is 445 g/mol. The van der Waals surface area contributed by atoms with E-state index in [0.29, 0.717) is 12.5 Å². The summed E-state index contributed by atoms with van der Waals surface area (Å²) in [5.41, 5.74) is 0. The molecule has 0 bridgehead atoms. The van der Waals surface area contributed by atoms with Gasteiger partial charge < -0.3 is 24.9 Å². The molecular weight excluding hydrogens is 421 g/mol. The van der Waals surface area contributed by atoms with Crippen LogP contribution in [0.15, 0.2) is 52.3 Å². The minimum Gasteiger partial charge on any atom is -0.467 e. The highest BCUT2D eigenvalue weighted by Crippen LogP contribution is 1.98. The van der Waals surface area contributed by atoms with Crippen molar-refractivity contribution >= 4 is 35.8 Å². The first kappa shape index (κ1) is 20.1. The van der Waals surface area contributed by atoms with Gasteiger partial charge in [-0.05, 0) is 31.2 Å². The summed E-state index contributed by atoms with van der Waals surface area (Å²) >= 11 is 0. The molecular formula is C16H24IN5O2. The second-order valence-electron chi connectivity index (χ2n) is 4.90. The molecule has 1 amide bonds. The van der Waals surface area contributed by atoms with E-state index in [4.69, 9.17) is 4.42 Å². The van der Waals surface area contributed by atoms with Crippen LogP contribution in [-0.2, 0) is 17.9 Å². The minimum atomic E-state index is -0.149. The monoisotopic (exact) mass is 445 g/mol. The molecule has 0 atom stereocenters. The number of amides is 1. The summed E-state index contributed by atoms with van der Waals surface area (Å²) in [5.74, 6) is 1.20. The first-order valence-electron chi connectivity index (χ1n) is 7.70. The lowest BCUT2D eigenvalue weighted by Crippen LogP contribution is -2.39. The second kappa shape index (κ2) is 11.5. The number of furan rings is 1. The normalized spacial score (nSPS) is 10.8. The number of halogens is 1. The van der Waals surface area contributed by atoms with Crippen LogP contribution in [0.25, 0.3) is 0 Å². The van der Waals surface area contributed by atoms with Gasteiger partial charge in [0.05, 0.1) is 12.8 Å². The lowest BCUT2D eigenvalue weighted by Gasteiger charge is -2.11. The molecule has 0 fully saturated rings. The maximum absolute atomic E-state index is 11.8. The van der Waals surface area contributed by atoms with E-state index in [9.17, 15) is 4.79 Å². The molecule has 0 aromatic carbocycles. The Balaban J connectivity index is 0.00000288. The quantitative estimate of drug-likeness (QED) is 0.327. The van der Waals surface area contributed by atoms with Crippen molar-refractivity contribution in [2.75, 3.05) is 19.6 Å². The van der Waals surface area contributed by atoms with Crippen LogP contribution in [0.1, 0.15) is 12.7 Å². The fourth-order valence-electron chi connectivity index (χ4n) is 1.97. The van der Waals surface area contributed by atoms with Gasteiger partial charge in [0, 0.05) is 32.0 Å². The Kier molecular flexibility index (Phi) is 9.66. The summed E-state index contributed by atoms with van der Waals surface area (Å²) in [5, 5.41) is 9.08. The van der Waals surface area contributed by atoms with Gasteiger partial charge in [-0.3, -0.25) is 4.79 Å². The summed E-state index contributed by atoms with van der Waals surface area (Å²) in [6.07, 6.45) is 5.60. The van der Waals surface area contributed by atoms with Gasteiger partial charge in [0.1, 0.15) is 12.3 Å². The maximum atomic E-state index is 11.8. The summed E-state index contributed by atoms with van der Waals surface area (Å²) in [4.78, 5) is 16.1. The van der Waals surface area contributed by atoms with Gasteiger partial charge in [0.25, 0.3) is 0 Å². The van der Waals surface area contributed by atoms with Crippen molar-refractivity contribution < 1.29 is 9.21 Å². The Bertz CT molecular complexity index is 596. The fraction of sp³-hybridized carbons (Fsp3) is 0.375. The number of nitrogens with one attached hydrogen (secondary N) is 3.